The first-order valence-corrected chi connectivity index (χ1v) is 8.65. The normalized spacial score (nSPS) is 19.9. The van der Waals surface area contributed by atoms with Gasteiger partial charge in [-0.3, -0.25) is 0 Å². The van der Waals surface area contributed by atoms with Crippen LogP contribution in [0.15, 0.2) is 29.4 Å². The molecule has 0 aliphatic carbocycles. The average molecular weight is 307 g/mol. The van der Waals surface area contributed by atoms with Gasteiger partial charge in [0.1, 0.15) is 12.1 Å². The molecule has 1 aliphatic rings. The summed E-state index contributed by atoms with van der Waals surface area (Å²) in [5, 5.41) is 0.759. The summed E-state index contributed by atoms with van der Waals surface area (Å²) in [6.07, 6.45) is 2.84. The summed E-state index contributed by atoms with van der Waals surface area (Å²) in [5.41, 5.74) is 0.742. The van der Waals surface area contributed by atoms with Crippen LogP contribution >= 0.6 is 0 Å². The lowest BCUT2D eigenvalue weighted by Crippen LogP contribution is -2.41. The van der Waals surface area contributed by atoms with E-state index in [0.29, 0.717) is 6.61 Å². The lowest BCUT2D eigenvalue weighted by atomic mass is 10.2. The third-order valence-electron chi connectivity index (χ3n) is 3.55. The number of anilines is 1. The molecule has 0 radical (unpaired) electrons. The summed E-state index contributed by atoms with van der Waals surface area (Å²) in [5.74, 6) is 0.764. The van der Waals surface area contributed by atoms with Crippen molar-refractivity contribution < 1.29 is 13.2 Å². The lowest BCUT2D eigenvalue weighted by Gasteiger charge is -2.32. The predicted octanol–water partition coefficient (Wildman–Crippen LogP) is 1.26. The summed E-state index contributed by atoms with van der Waals surface area (Å²) in [6.45, 7) is 4.12. The zero-order chi connectivity index (χ0) is 15.0. The molecule has 1 atom stereocenters. The van der Waals surface area contributed by atoms with E-state index in [-0.39, 0.29) is 11.0 Å². The molecule has 2 aromatic rings. The molecule has 1 aromatic carbocycles. The molecule has 6 nitrogen and oxygen atoms in total. The summed E-state index contributed by atoms with van der Waals surface area (Å²) in [7, 11) is -3.25. The van der Waals surface area contributed by atoms with Crippen LogP contribution in [-0.4, -0.2) is 50.4 Å². The van der Waals surface area contributed by atoms with E-state index in [4.69, 9.17) is 4.74 Å². The van der Waals surface area contributed by atoms with E-state index in [1.807, 2.05) is 6.92 Å². The van der Waals surface area contributed by atoms with Crippen LogP contribution in [0.2, 0.25) is 0 Å². The third-order valence-corrected chi connectivity index (χ3v) is 4.66. The summed E-state index contributed by atoms with van der Waals surface area (Å²) in [6, 6.07) is 4.96. The van der Waals surface area contributed by atoms with Crippen molar-refractivity contribution in [2.75, 3.05) is 30.9 Å². The molecule has 1 fully saturated rings. The molecule has 0 bridgehead atoms. The first kappa shape index (κ1) is 14.2. The van der Waals surface area contributed by atoms with Crippen LogP contribution in [0.5, 0.6) is 0 Å². The maximum absolute atomic E-state index is 11.7. The molecule has 1 aromatic heterocycles. The van der Waals surface area contributed by atoms with E-state index in [1.54, 1.807) is 18.2 Å². The van der Waals surface area contributed by atoms with Gasteiger partial charge in [-0.1, -0.05) is 0 Å². The van der Waals surface area contributed by atoms with E-state index in [2.05, 4.69) is 14.9 Å². The van der Waals surface area contributed by atoms with Gasteiger partial charge in [0.15, 0.2) is 9.84 Å². The molecule has 1 saturated heterocycles. The van der Waals surface area contributed by atoms with E-state index < -0.39 is 9.84 Å². The number of hydrogen-bond donors (Lipinski definition) is 0. The van der Waals surface area contributed by atoms with Crippen molar-refractivity contribution >= 4 is 26.6 Å². The Balaban J connectivity index is 2.13. The van der Waals surface area contributed by atoms with E-state index in [9.17, 15) is 8.42 Å². The highest BCUT2D eigenvalue weighted by Crippen LogP contribution is 2.26. The highest BCUT2D eigenvalue weighted by atomic mass is 32.2. The Labute approximate surface area is 123 Å². The van der Waals surface area contributed by atoms with Gasteiger partial charge >= 0.3 is 0 Å². The van der Waals surface area contributed by atoms with E-state index in [1.165, 1.54) is 12.6 Å². The Hall–Kier alpha value is -1.73. The summed E-state index contributed by atoms with van der Waals surface area (Å²) in [4.78, 5) is 11.0. The van der Waals surface area contributed by atoms with Crippen LogP contribution in [0.4, 0.5) is 5.82 Å². The molecule has 0 amide bonds. The van der Waals surface area contributed by atoms with Crippen molar-refractivity contribution in [3.63, 3.8) is 0 Å². The van der Waals surface area contributed by atoms with Gasteiger partial charge in [-0.05, 0) is 25.1 Å². The summed E-state index contributed by atoms with van der Waals surface area (Å²) < 4.78 is 29.0. The van der Waals surface area contributed by atoms with Gasteiger partial charge in [-0.15, -0.1) is 0 Å². The largest absolute Gasteiger partial charge is 0.375 e. The first-order chi connectivity index (χ1) is 9.95. The number of morpholine rings is 1. The molecule has 2 heterocycles. The molecule has 21 heavy (non-hydrogen) atoms. The van der Waals surface area contributed by atoms with Crippen molar-refractivity contribution in [2.24, 2.45) is 0 Å². The molecule has 112 valence electrons. The second kappa shape index (κ2) is 5.23. The maximum atomic E-state index is 11.7. The SMILES string of the molecule is C[C@@H]1CN(c2ncnc3ccc(S(C)(=O)=O)cc23)CCO1. The van der Waals surface area contributed by atoms with Crippen LogP contribution in [0.1, 0.15) is 6.92 Å². The van der Waals surface area contributed by atoms with Crippen LogP contribution in [0, 0.1) is 0 Å². The standard InChI is InChI=1S/C14H17N3O3S/c1-10-8-17(5-6-20-10)14-12-7-11(21(2,18)19)3-4-13(12)15-9-16-14/h3-4,7,9-10H,5-6,8H2,1-2H3/t10-/m1/s1. The third kappa shape index (κ3) is 2.84. The zero-order valence-electron chi connectivity index (χ0n) is 12.0. The number of sulfone groups is 1. The Morgan fingerprint density at radius 3 is 2.86 bits per heavy atom. The monoisotopic (exact) mass is 307 g/mol. The Morgan fingerprint density at radius 2 is 2.14 bits per heavy atom. The Morgan fingerprint density at radius 1 is 1.33 bits per heavy atom. The number of fused-ring (bicyclic) bond motifs is 1. The minimum absolute atomic E-state index is 0.127. The predicted molar refractivity (Wildman–Crippen MR) is 80.3 cm³/mol. The lowest BCUT2D eigenvalue weighted by molar-refractivity contribution is 0.0530. The van der Waals surface area contributed by atoms with E-state index >= 15 is 0 Å². The highest BCUT2D eigenvalue weighted by Gasteiger charge is 2.20. The molecule has 3 rings (SSSR count). The number of hydrogen-bond acceptors (Lipinski definition) is 6. The fourth-order valence-electron chi connectivity index (χ4n) is 2.52. The van der Waals surface area contributed by atoms with Gasteiger partial charge in [0.05, 0.1) is 23.1 Å². The highest BCUT2D eigenvalue weighted by molar-refractivity contribution is 7.90. The number of benzene rings is 1. The molecule has 1 aliphatic heterocycles. The van der Waals surface area contributed by atoms with Crippen molar-refractivity contribution in [1.82, 2.24) is 9.97 Å². The molecule has 0 spiro atoms. The number of rotatable bonds is 2. The van der Waals surface area contributed by atoms with Gasteiger partial charge in [0.25, 0.3) is 0 Å². The van der Waals surface area contributed by atoms with Crippen LogP contribution in [0.25, 0.3) is 10.9 Å². The smallest absolute Gasteiger partial charge is 0.175 e. The van der Waals surface area contributed by atoms with E-state index in [0.717, 1.165) is 29.8 Å². The van der Waals surface area contributed by atoms with Gasteiger partial charge < -0.3 is 9.64 Å². The average Bonchev–Trinajstić information content (AvgIpc) is 2.45. The zero-order valence-corrected chi connectivity index (χ0v) is 12.8. The van der Waals surface area contributed by atoms with Crippen molar-refractivity contribution in [3.8, 4) is 0 Å². The maximum Gasteiger partial charge on any atom is 0.175 e. The van der Waals surface area contributed by atoms with Crippen LogP contribution < -0.4 is 4.90 Å². The first-order valence-electron chi connectivity index (χ1n) is 6.76. The number of aromatic nitrogens is 2. The molecule has 0 saturated carbocycles. The molecule has 0 N–H and O–H groups in total. The molecular weight excluding hydrogens is 290 g/mol. The molecule has 7 heteroatoms. The van der Waals surface area contributed by atoms with Gasteiger partial charge in [-0.2, -0.15) is 0 Å². The van der Waals surface area contributed by atoms with Crippen molar-refractivity contribution in [1.29, 1.82) is 0 Å². The number of ether oxygens (including phenoxy) is 1. The molecular formula is C14H17N3O3S. The van der Waals surface area contributed by atoms with Crippen molar-refractivity contribution in [2.45, 2.75) is 17.9 Å². The fourth-order valence-corrected chi connectivity index (χ4v) is 3.16. The fraction of sp³-hybridized carbons (Fsp3) is 0.429. The van der Waals surface area contributed by atoms with Gasteiger partial charge in [-0.25, -0.2) is 18.4 Å². The second-order valence-electron chi connectivity index (χ2n) is 5.28. The van der Waals surface area contributed by atoms with Crippen molar-refractivity contribution in [3.05, 3.63) is 24.5 Å². The Kier molecular flexibility index (Phi) is 3.54. The minimum atomic E-state index is -3.25. The quantitative estimate of drug-likeness (QED) is 0.831. The van der Waals surface area contributed by atoms with Crippen LogP contribution in [0.3, 0.4) is 0 Å². The van der Waals surface area contributed by atoms with Gasteiger partial charge in [0.2, 0.25) is 0 Å². The number of nitrogens with zero attached hydrogens (tertiary/aromatic N) is 3. The summed E-state index contributed by atoms with van der Waals surface area (Å²) >= 11 is 0. The Bertz CT molecular complexity index is 776. The topological polar surface area (TPSA) is 72.4 Å². The molecule has 0 unspecified atom stereocenters. The second-order valence-corrected chi connectivity index (χ2v) is 7.29. The van der Waals surface area contributed by atoms with Gasteiger partial charge in [0, 0.05) is 24.7 Å². The van der Waals surface area contributed by atoms with Crippen LogP contribution in [-0.2, 0) is 14.6 Å². The minimum Gasteiger partial charge on any atom is -0.375 e.